The molecule has 0 spiro atoms. The van der Waals surface area contributed by atoms with Crippen LogP contribution in [0.15, 0.2) is 18.2 Å². The monoisotopic (exact) mass is 281 g/mol. The summed E-state index contributed by atoms with van der Waals surface area (Å²) in [7, 11) is 0. The van der Waals surface area contributed by atoms with Crippen molar-refractivity contribution in [3.8, 4) is 5.75 Å². The van der Waals surface area contributed by atoms with Gasteiger partial charge in [-0.3, -0.25) is 4.79 Å². The lowest BCUT2D eigenvalue weighted by molar-refractivity contribution is -0.117. The van der Waals surface area contributed by atoms with Crippen molar-refractivity contribution in [2.24, 2.45) is 5.92 Å². The minimum absolute atomic E-state index is 0.0168. The Morgan fingerprint density at radius 2 is 2.11 bits per heavy atom. The van der Waals surface area contributed by atoms with Crippen molar-refractivity contribution in [1.29, 1.82) is 0 Å². The first-order chi connectivity index (χ1) is 8.82. The molecule has 0 saturated carbocycles. The number of amides is 1. The summed E-state index contributed by atoms with van der Waals surface area (Å²) in [6.07, 6.45) is 0.461. The van der Waals surface area contributed by atoms with Gasteiger partial charge < -0.3 is 10.0 Å². The molecular formula is C15H20ClNO2. The molecule has 1 fully saturated rings. The van der Waals surface area contributed by atoms with Crippen LogP contribution in [0, 0.1) is 5.92 Å². The summed E-state index contributed by atoms with van der Waals surface area (Å²) < 4.78 is 0. The molecule has 1 aromatic carbocycles. The van der Waals surface area contributed by atoms with E-state index in [1.165, 1.54) is 0 Å². The highest BCUT2D eigenvalue weighted by molar-refractivity contribution is 6.18. The predicted molar refractivity (Wildman–Crippen MR) is 78.0 cm³/mol. The van der Waals surface area contributed by atoms with Gasteiger partial charge in [-0.15, -0.1) is 11.6 Å². The van der Waals surface area contributed by atoms with Gasteiger partial charge >= 0.3 is 0 Å². The van der Waals surface area contributed by atoms with Gasteiger partial charge in [-0.2, -0.15) is 0 Å². The van der Waals surface area contributed by atoms with Crippen LogP contribution < -0.4 is 4.90 Å². The van der Waals surface area contributed by atoms with Crippen molar-refractivity contribution in [2.75, 3.05) is 17.3 Å². The smallest absolute Gasteiger partial charge is 0.227 e. The van der Waals surface area contributed by atoms with Crippen LogP contribution >= 0.6 is 11.6 Å². The molecule has 1 unspecified atom stereocenters. The van der Waals surface area contributed by atoms with Gasteiger partial charge in [0.1, 0.15) is 5.75 Å². The molecule has 1 aliphatic heterocycles. The minimum Gasteiger partial charge on any atom is -0.506 e. The zero-order valence-corrected chi connectivity index (χ0v) is 12.4. The number of halogens is 1. The number of anilines is 1. The Labute approximate surface area is 119 Å². The van der Waals surface area contributed by atoms with E-state index in [0.29, 0.717) is 24.5 Å². The van der Waals surface area contributed by atoms with E-state index < -0.39 is 0 Å². The van der Waals surface area contributed by atoms with E-state index in [1.54, 1.807) is 11.0 Å². The molecule has 1 atom stereocenters. The number of aromatic hydroxyl groups is 1. The first-order valence-electron chi connectivity index (χ1n) is 6.52. The lowest BCUT2D eigenvalue weighted by atomic mass is 9.86. The molecule has 3 nitrogen and oxygen atoms in total. The minimum atomic E-state index is -0.0168. The molecule has 0 radical (unpaired) electrons. The Balaban J connectivity index is 2.37. The molecule has 2 rings (SSSR count). The third-order valence-electron chi connectivity index (χ3n) is 3.56. The second-order valence-electron chi connectivity index (χ2n) is 6.18. The average Bonchev–Trinajstić information content (AvgIpc) is 2.69. The van der Waals surface area contributed by atoms with Crippen LogP contribution in [0.1, 0.15) is 32.8 Å². The van der Waals surface area contributed by atoms with Crippen molar-refractivity contribution in [3.63, 3.8) is 0 Å². The topological polar surface area (TPSA) is 40.5 Å². The van der Waals surface area contributed by atoms with Crippen molar-refractivity contribution in [1.82, 2.24) is 0 Å². The van der Waals surface area contributed by atoms with Crippen molar-refractivity contribution < 1.29 is 9.90 Å². The molecule has 0 aliphatic carbocycles. The summed E-state index contributed by atoms with van der Waals surface area (Å²) >= 11 is 5.83. The van der Waals surface area contributed by atoms with Crippen LogP contribution in [0.25, 0.3) is 0 Å². The maximum absolute atomic E-state index is 12.0. The molecule has 1 heterocycles. The first-order valence-corrected chi connectivity index (χ1v) is 7.06. The van der Waals surface area contributed by atoms with Crippen molar-refractivity contribution in [3.05, 3.63) is 23.8 Å². The maximum Gasteiger partial charge on any atom is 0.227 e. The Hall–Kier alpha value is -1.22. The quantitative estimate of drug-likeness (QED) is 0.845. The van der Waals surface area contributed by atoms with E-state index in [0.717, 1.165) is 5.56 Å². The molecule has 19 heavy (non-hydrogen) atoms. The fourth-order valence-electron chi connectivity index (χ4n) is 2.32. The van der Waals surface area contributed by atoms with Gasteiger partial charge in [0.15, 0.2) is 0 Å². The fourth-order valence-corrected chi connectivity index (χ4v) is 2.53. The van der Waals surface area contributed by atoms with Gasteiger partial charge in [-0.1, -0.05) is 26.8 Å². The number of phenolic OH excluding ortho intramolecular Hbond substituents is 1. The second kappa shape index (κ2) is 5.04. The predicted octanol–water partition coefficient (Wildman–Crippen LogP) is 3.28. The molecular weight excluding hydrogens is 262 g/mol. The van der Waals surface area contributed by atoms with E-state index in [9.17, 15) is 9.90 Å². The molecule has 1 saturated heterocycles. The summed E-state index contributed by atoms with van der Waals surface area (Å²) in [5.74, 6) is 0.831. The SMILES string of the molecule is CC(C)(C)c1ccc(O)c(N2CC(CCl)CC2=O)c1. The standard InChI is InChI=1S/C15H20ClNO2/c1-15(2,3)11-4-5-13(18)12(7-11)17-9-10(8-16)6-14(17)19/h4-5,7,10,18H,6,8-9H2,1-3H3. The summed E-state index contributed by atoms with van der Waals surface area (Å²) in [4.78, 5) is 13.7. The van der Waals surface area contributed by atoms with E-state index in [2.05, 4.69) is 20.8 Å². The molecule has 1 amide bonds. The number of nitrogens with zero attached hydrogens (tertiary/aromatic N) is 1. The van der Waals surface area contributed by atoms with Gasteiger partial charge in [-0.05, 0) is 29.0 Å². The Bertz CT molecular complexity index is 493. The Morgan fingerprint density at radius 3 is 2.63 bits per heavy atom. The highest BCUT2D eigenvalue weighted by Crippen LogP contribution is 2.36. The molecule has 4 heteroatoms. The first kappa shape index (κ1) is 14.2. The molecule has 1 aromatic rings. The Kier molecular flexibility index (Phi) is 3.77. The molecule has 1 N–H and O–H groups in total. The molecule has 0 bridgehead atoms. The summed E-state index contributed by atoms with van der Waals surface area (Å²) in [5, 5.41) is 10.0. The number of carbonyl (C=O) groups excluding carboxylic acids is 1. The third kappa shape index (κ3) is 2.86. The van der Waals surface area contributed by atoms with Gasteiger partial charge in [-0.25, -0.2) is 0 Å². The zero-order chi connectivity index (χ0) is 14.2. The van der Waals surface area contributed by atoms with Gasteiger partial charge in [0.05, 0.1) is 5.69 Å². The molecule has 0 aromatic heterocycles. The summed E-state index contributed by atoms with van der Waals surface area (Å²) in [5.41, 5.74) is 1.68. The number of carbonyl (C=O) groups is 1. The number of hydrogen-bond acceptors (Lipinski definition) is 2. The van der Waals surface area contributed by atoms with Crippen molar-refractivity contribution >= 4 is 23.2 Å². The van der Waals surface area contributed by atoms with Crippen LogP contribution in [0.2, 0.25) is 0 Å². The largest absolute Gasteiger partial charge is 0.506 e. The number of rotatable bonds is 2. The number of phenols is 1. The lowest BCUT2D eigenvalue weighted by Gasteiger charge is -2.23. The van der Waals surface area contributed by atoms with Crippen LogP contribution in [-0.4, -0.2) is 23.4 Å². The Morgan fingerprint density at radius 1 is 1.42 bits per heavy atom. The van der Waals surface area contributed by atoms with E-state index in [1.807, 2.05) is 12.1 Å². The van der Waals surface area contributed by atoms with Crippen LogP contribution in [0.5, 0.6) is 5.75 Å². The molecule has 104 valence electrons. The van der Waals surface area contributed by atoms with Crippen LogP contribution in [-0.2, 0) is 10.2 Å². The van der Waals surface area contributed by atoms with E-state index >= 15 is 0 Å². The highest BCUT2D eigenvalue weighted by atomic mass is 35.5. The fraction of sp³-hybridized carbons (Fsp3) is 0.533. The van der Waals surface area contributed by atoms with E-state index in [-0.39, 0.29) is 23.0 Å². The lowest BCUT2D eigenvalue weighted by Crippen LogP contribution is -2.25. The van der Waals surface area contributed by atoms with Gasteiger partial charge in [0.25, 0.3) is 0 Å². The van der Waals surface area contributed by atoms with Crippen LogP contribution in [0.3, 0.4) is 0 Å². The van der Waals surface area contributed by atoms with E-state index in [4.69, 9.17) is 11.6 Å². The highest BCUT2D eigenvalue weighted by Gasteiger charge is 2.32. The number of benzene rings is 1. The third-order valence-corrected chi connectivity index (χ3v) is 3.99. The maximum atomic E-state index is 12.0. The zero-order valence-electron chi connectivity index (χ0n) is 11.6. The average molecular weight is 282 g/mol. The van der Waals surface area contributed by atoms with Gasteiger partial charge in [0.2, 0.25) is 5.91 Å². The molecule has 1 aliphatic rings. The van der Waals surface area contributed by atoms with Gasteiger partial charge in [0, 0.05) is 18.8 Å². The normalized spacial score (nSPS) is 20.1. The van der Waals surface area contributed by atoms with Crippen LogP contribution in [0.4, 0.5) is 5.69 Å². The second-order valence-corrected chi connectivity index (χ2v) is 6.49. The number of hydrogen-bond donors (Lipinski definition) is 1. The summed E-state index contributed by atoms with van der Waals surface area (Å²) in [6.45, 7) is 6.91. The van der Waals surface area contributed by atoms with Crippen molar-refractivity contribution in [2.45, 2.75) is 32.6 Å². The summed E-state index contributed by atoms with van der Waals surface area (Å²) in [6, 6.07) is 5.47. The number of alkyl halides is 1.